The number of nitrogens with zero attached hydrogens (tertiary/aromatic N) is 1. The second kappa shape index (κ2) is 8.77. The standard InChI is InChI=1S/C23H20FN3O3S/c1-13-17(22(29)30-2)18(14-8-4-3-5-9-14)19-20(25-13)26-23(27-21(19)28)31-12-15-10-6-7-11-16(15)24/h3-11,18H,12H2,1-2H3,(H2,25,26,27,28)/t18-/m0/s1. The Morgan fingerprint density at radius 3 is 2.58 bits per heavy atom. The Morgan fingerprint density at radius 2 is 1.87 bits per heavy atom. The Morgan fingerprint density at radius 1 is 1.16 bits per heavy atom. The number of nitrogens with one attached hydrogen (secondary N) is 2. The Balaban J connectivity index is 1.76. The van der Waals surface area contributed by atoms with Gasteiger partial charge in [-0.25, -0.2) is 14.2 Å². The zero-order valence-corrected chi connectivity index (χ0v) is 17.8. The molecule has 158 valence electrons. The number of esters is 1. The van der Waals surface area contributed by atoms with Gasteiger partial charge in [0.25, 0.3) is 5.56 Å². The molecule has 1 aliphatic rings. The number of thioether (sulfide) groups is 1. The van der Waals surface area contributed by atoms with E-state index in [4.69, 9.17) is 4.74 Å². The number of hydrogen-bond donors (Lipinski definition) is 2. The highest BCUT2D eigenvalue weighted by molar-refractivity contribution is 7.98. The Bertz CT molecular complexity index is 1220. The van der Waals surface area contributed by atoms with Crippen molar-refractivity contribution >= 4 is 23.5 Å². The third-order valence-corrected chi connectivity index (χ3v) is 6.00. The van der Waals surface area contributed by atoms with Gasteiger partial charge in [-0.2, -0.15) is 0 Å². The fourth-order valence-electron chi connectivity index (χ4n) is 3.62. The first-order valence-electron chi connectivity index (χ1n) is 9.61. The van der Waals surface area contributed by atoms with Crippen molar-refractivity contribution in [1.82, 2.24) is 9.97 Å². The summed E-state index contributed by atoms with van der Waals surface area (Å²) < 4.78 is 18.9. The summed E-state index contributed by atoms with van der Waals surface area (Å²) in [7, 11) is 1.31. The van der Waals surface area contributed by atoms with E-state index >= 15 is 0 Å². The van der Waals surface area contributed by atoms with Gasteiger partial charge in [-0.3, -0.25) is 4.79 Å². The summed E-state index contributed by atoms with van der Waals surface area (Å²) >= 11 is 1.23. The average Bonchev–Trinajstić information content (AvgIpc) is 2.77. The zero-order chi connectivity index (χ0) is 22.0. The highest BCUT2D eigenvalue weighted by atomic mass is 32.2. The predicted molar refractivity (Wildman–Crippen MR) is 117 cm³/mol. The van der Waals surface area contributed by atoms with Gasteiger partial charge in [0.05, 0.1) is 24.2 Å². The molecule has 6 nitrogen and oxygen atoms in total. The van der Waals surface area contributed by atoms with Gasteiger partial charge in [-0.15, -0.1) is 0 Å². The van der Waals surface area contributed by atoms with Crippen molar-refractivity contribution in [3.63, 3.8) is 0 Å². The average molecular weight is 437 g/mol. The molecule has 4 rings (SSSR count). The first kappa shape index (κ1) is 20.9. The monoisotopic (exact) mass is 437 g/mol. The van der Waals surface area contributed by atoms with Gasteiger partial charge in [0, 0.05) is 11.4 Å². The molecule has 2 aromatic carbocycles. The fourth-order valence-corrected chi connectivity index (χ4v) is 4.47. The van der Waals surface area contributed by atoms with E-state index in [-0.39, 0.29) is 11.4 Å². The molecule has 3 aromatic rings. The second-order valence-corrected chi connectivity index (χ2v) is 7.98. The van der Waals surface area contributed by atoms with Gasteiger partial charge in [0.2, 0.25) is 0 Å². The van der Waals surface area contributed by atoms with Crippen LogP contribution < -0.4 is 10.9 Å². The molecule has 0 bridgehead atoms. The number of carbonyl (C=O) groups is 1. The molecule has 1 atom stereocenters. The van der Waals surface area contributed by atoms with Gasteiger partial charge in [0.1, 0.15) is 11.6 Å². The molecule has 0 spiro atoms. The number of halogens is 1. The second-order valence-electron chi connectivity index (χ2n) is 7.01. The van der Waals surface area contributed by atoms with Crippen molar-refractivity contribution in [2.75, 3.05) is 12.4 Å². The third kappa shape index (κ3) is 4.11. The quantitative estimate of drug-likeness (QED) is 0.354. The summed E-state index contributed by atoms with van der Waals surface area (Å²) in [5.74, 6) is -0.745. The lowest BCUT2D eigenvalue weighted by atomic mass is 9.82. The van der Waals surface area contributed by atoms with E-state index < -0.39 is 11.9 Å². The molecular weight excluding hydrogens is 417 g/mol. The van der Waals surface area contributed by atoms with Crippen LogP contribution in [0.2, 0.25) is 0 Å². The van der Waals surface area contributed by atoms with Crippen LogP contribution >= 0.6 is 11.8 Å². The largest absolute Gasteiger partial charge is 0.466 e. The number of rotatable bonds is 5. The highest BCUT2D eigenvalue weighted by Gasteiger charge is 2.36. The van der Waals surface area contributed by atoms with Gasteiger partial charge in [0.15, 0.2) is 5.16 Å². The van der Waals surface area contributed by atoms with Crippen LogP contribution in [0.4, 0.5) is 10.2 Å². The van der Waals surface area contributed by atoms with Gasteiger partial charge < -0.3 is 15.0 Å². The van der Waals surface area contributed by atoms with Crippen LogP contribution in [-0.4, -0.2) is 23.0 Å². The molecule has 31 heavy (non-hydrogen) atoms. The summed E-state index contributed by atoms with van der Waals surface area (Å²) in [6, 6.07) is 15.8. The highest BCUT2D eigenvalue weighted by Crippen LogP contribution is 2.40. The molecule has 0 fully saturated rings. The number of ether oxygens (including phenoxy) is 1. The number of H-pyrrole nitrogens is 1. The summed E-state index contributed by atoms with van der Waals surface area (Å²) in [6.07, 6.45) is 0. The first-order chi connectivity index (χ1) is 15.0. The molecule has 2 N–H and O–H groups in total. The number of allylic oxidation sites excluding steroid dienone is 1. The molecule has 0 unspecified atom stereocenters. The number of benzene rings is 2. The lowest BCUT2D eigenvalue weighted by molar-refractivity contribution is -0.136. The molecule has 0 radical (unpaired) electrons. The Labute approximate surface area is 182 Å². The van der Waals surface area contributed by atoms with E-state index in [1.165, 1.54) is 24.9 Å². The van der Waals surface area contributed by atoms with E-state index in [1.807, 2.05) is 30.3 Å². The molecule has 2 heterocycles. The van der Waals surface area contributed by atoms with Gasteiger partial charge >= 0.3 is 5.97 Å². The molecule has 0 amide bonds. The van der Waals surface area contributed by atoms with Crippen LogP contribution in [0.15, 0.2) is 75.8 Å². The number of aromatic nitrogens is 2. The SMILES string of the molecule is COC(=O)C1=C(C)Nc2nc(SCc3ccccc3F)[nH]c(=O)c2[C@H]1c1ccccc1. The molecule has 0 saturated heterocycles. The summed E-state index contributed by atoms with van der Waals surface area (Å²) in [5, 5.41) is 3.44. The van der Waals surface area contributed by atoms with Crippen LogP contribution in [0.1, 0.15) is 29.5 Å². The normalized spacial score (nSPS) is 15.3. The van der Waals surface area contributed by atoms with Crippen LogP contribution in [-0.2, 0) is 15.3 Å². The Hall–Kier alpha value is -3.39. The number of methoxy groups -OCH3 is 1. The molecule has 1 aromatic heterocycles. The van der Waals surface area contributed by atoms with Crippen LogP contribution in [0.25, 0.3) is 0 Å². The van der Waals surface area contributed by atoms with Crippen molar-refractivity contribution in [3.05, 3.63) is 98.7 Å². The van der Waals surface area contributed by atoms with Crippen molar-refractivity contribution in [3.8, 4) is 0 Å². The maximum Gasteiger partial charge on any atom is 0.336 e. The lowest BCUT2D eigenvalue weighted by Gasteiger charge is -2.28. The number of hydrogen-bond acceptors (Lipinski definition) is 6. The van der Waals surface area contributed by atoms with E-state index in [2.05, 4.69) is 15.3 Å². The number of carbonyl (C=O) groups excluding carboxylic acids is 1. The smallest absolute Gasteiger partial charge is 0.336 e. The molecule has 8 heteroatoms. The minimum Gasteiger partial charge on any atom is -0.466 e. The maximum atomic E-state index is 13.9. The predicted octanol–water partition coefficient (Wildman–Crippen LogP) is 4.21. The summed E-state index contributed by atoms with van der Waals surface area (Å²) in [5.41, 5.74) is 2.21. The van der Waals surface area contributed by atoms with Gasteiger partial charge in [-0.05, 0) is 24.1 Å². The fraction of sp³-hybridized carbons (Fsp3) is 0.174. The number of anilines is 1. The molecule has 0 saturated carbocycles. The van der Waals surface area contributed by atoms with E-state index in [0.29, 0.717) is 39.1 Å². The molecule has 1 aliphatic heterocycles. The first-order valence-corrected chi connectivity index (χ1v) is 10.6. The minimum atomic E-state index is -0.619. The van der Waals surface area contributed by atoms with Crippen molar-refractivity contribution in [2.24, 2.45) is 0 Å². The van der Waals surface area contributed by atoms with E-state index in [0.717, 1.165) is 5.56 Å². The van der Waals surface area contributed by atoms with Crippen LogP contribution in [0, 0.1) is 5.82 Å². The van der Waals surface area contributed by atoms with Crippen molar-refractivity contribution in [2.45, 2.75) is 23.8 Å². The third-order valence-electron chi connectivity index (χ3n) is 5.08. The molecule has 0 aliphatic carbocycles. The zero-order valence-electron chi connectivity index (χ0n) is 16.9. The van der Waals surface area contributed by atoms with Crippen molar-refractivity contribution < 1.29 is 13.9 Å². The number of aromatic amines is 1. The van der Waals surface area contributed by atoms with E-state index in [9.17, 15) is 14.0 Å². The lowest BCUT2D eigenvalue weighted by Crippen LogP contribution is -2.30. The topological polar surface area (TPSA) is 84.1 Å². The Kier molecular flexibility index (Phi) is 5.90. The summed E-state index contributed by atoms with van der Waals surface area (Å²) in [4.78, 5) is 33.0. The molecular formula is C23H20FN3O3S. The number of fused-ring (bicyclic) bond motifs is 1. The van der Waals surface area contributed by atoms with Crippen LogP contribution in [0.3, 0.4) is 0 Å². The van der Waals surface area contributed by atoms with Gasteiger partial charge in [-0.1, -0.05) is 60.3 Å². The summed E-state index contributed by atoms with van der Waals surface area (Å²) in [6.45, 7) is 1.75. The van der Waals surface area contributed by atoms with Crippen LogP contribution in [0.5, 0.6) is 0 Å². The van der Waals surface area contributed by atoms with E-state index in [1.54, 1.807) is 25.1 Å². The van der Waals surface area contributed by atoms with Crippen molar-refractivity contribution in [1.29, 1.82) is 0 Å². The minimum absolute atomic E-state index is 0.306. The maximum absolute atomic E-state index is 13.9.